The van der Waals surface area contributed by atoms with Crippen molar-refractivity contribution in [2.24, 2.45) is 11.8 Å². The van der Waals surface area contributed by atoms with E-state index in [-0.39, 0.29) is 46.3 Å². The van der Waals surface area contributed by atoms with Crippen LogP contribution >= 0.6 is 23.2 Å². The van der Waals surface area contributed by atoms with E-state index in [1.165, 1.54) is 35.5 Å². The van der Waals surface area contributed by atoms with Gasteiger partial charge >= 0.3 is 6.09 Å². The molecule has 10 nitrogen and oxygen atoms in total. The molecule has 53 heavy (non-hydrogen) atoms. The molecule has 3 saturated heterocycles. The van der Waals surface area contributed by atoms with Gasteiger partial charge in [0.1, 0.15) is 22.0 Å². The molecule has 1 saturated carbocycles. The third-order valence-electron chi connectivity index (χ3n) is 10.5. The van der Waals surface area contributed by atoms with Crippen LogP contribution in [0.3, 0.4) is 0 Å². The molecular weight excluding hydrogens is 724 g/mol. The molecular formula is C40H40Cl2FN3O7. The van der Waals surface area contributed by atoms with Gasteiger partial charge in [0.15, 0.2) is 11.5 Å². The van der Waals surface area contributed by atoms with Crippen LogP contribution in [0.5, 0.6) is 11.5 Å². The highest BCUT2D eigenvalue weighted by atomic mass is 35.5. The number of ether oxygens (including phenoxy) is 3. The number of fused-ring (bicyclic) bond motifs is 3. The first-order chi connectivity index (χ1) is 25.6. The van der Waals surface area contributed by atoms with Gasteiger partial charge in [-0.3, -0.25) is 15.0 Å². The lowest BCUT2D eigenvalue weighted by Crippen LogP contribution is -2.53. The van der Waals surface area contributed by atoms with E-state index in [9.17, 15) is 19.9 Å². The standard InChI is InChI=1S/C40H40Cl2FN3O7/c1-51-36-11-9-27(17-37(36)52-23-24-6-7-24)29(18-31-32(41)20-45(50)21-33(31)42)30-16-25(8-10-28(30)39(47)48)19-46(35-5-3-2-4-34(35)43)40(49)53-38-22-44-14-12-26(38)13-15-44/h2-5,8-11,16-17,20-21,24,26,29,38H,6-7,12-15,18-19,22-23H2,1H3,(H-,47,48,50)/t29-,38+/m1/s1. The Kier molecular flexibility index (Phi) is 11.0. The van der Waals surface area contributed by atoms with Crippen LogP contribution in [0.2, 0.25) is 10.0 Å². The van der Waals surface area contributed by atoms with Gasteiger partial charge in [-0.25, -0.2) is 9.18 Å². The molecule has 4 heterocycles. The third kappa shape index (κ3) is 8.32. The van der Waals surface area contributed by atoms with Crippen molar-refractivity contribution >= 4 is 41.0 Å². The number of carboxylic acids is 1. The van der Waals surface area contributed by atoms with E-state index in [4.69, 9.17) is 37.4 Å². The Morgan fingerprint density at radius 1 is 1.02 bits per heavy atom. The van der Waals surface area contributed by atoms with Crippen LogP contribution in [0, 0.1) is 17.7 Å². The van der Waals surface area contributed by atoms with Crippen molar-refractivity contribution < 1.29 is 43.2 Å². The summed E-state index contributed by atoms with van der Waals surface area (Å²) in [5.74, 6) is -1.02. The lowest BCUT2D eigenvalue weighted by Gasteiger charge is -2.44. The molecule has 0 spiro atoms. The number of para-hydroxylation sites is 1. The van der Waals surface area contributed by atoms with Crippen LogP contribution in [-0.2, 0) is 17.7 Å². The Labute approximate surface area is 317 Å². The zero-order chi connectivity index (χ0) is 37.2. The van der Waals surface area contributed by atoms with Crippen LogP contribution < -0.4 is 24.2 Å². The predicted molar refractivity (Wildman–Crippen MR) is 193 cm³/mol. The number of rotatable bonds is 13. The second kappa shape index (κ2) is 15.8. The Balaban J connectivity index is 1.29. The number of anilines is 1. The lowest BCUT2D eigenvalue weighted by molar-refractivity contribution is -0.904. The zero-order valence-corrected chi connectivity index (χ0v) is 30.7. The summed E-state index contributed by atoms with van der Waals surface area (Å²) in [6, 6.07) is 16.0. The van der Waals surface area contributed by atoms with E-state index < -0.39 is 23.8 Å². The predicted octanol–water partition coefficient (Wildman–Crippen LogP) is 6.43. The van der Waals surface area contributed by atoms with Gasteiger partial charge in [0.25, 0.3) is 0 Å². The second-order valence-electron chi connectivity index (χ2n) is 14.0. The fraction of sp³-hybridized carbons (Fsp3) is 0.375. The van der Waals surface area contributed by atoms with Crippen molar-refractivity contribution in [1.29, 1.82) is 0 Å². The second-order valence-corrected chi connectivity index (χ2v) is 14.9. The first-order valence-electron chi connectivity index (χ1n) is 17.8. The Bertz CT molecular complexity index is 1980. The number of aromatic nitrogens is 1. The van der Waals surface area contributed by atoms with Gasteiger partial charge in [0.2, 0.25) is 12.4 Å². The molecule has 13 heteroatoms. The number of pyridine rings is 1. The molecule has 3 aliphatic heterocycles. The Morgan fingerprint density at radius 2 is 1.75 bits per heavy atom. The van der Waals surface area contributed by atoms with Crippen molar-refractivity contribution in [3.05, 3.63) is 117 Å². The van der Waals surface area contributed by atoms with Crippen molar-refractivity contribution in [3.8, 4) is 11.5 Å². The molecule has 278 valence electrons. The normalized spacial score (nSPS) is 19.7. The number of hydrogen-bond donors (Lipinski definition) is 1. The maximum Gasteiger partial charge on any atom is 0.415 e. The maximum atomic E-state index is 15.4. The fourth-order valence-corrected chi connectivity index (χ4v) is 7.99. The monoisotopic (exact) mass is 763 g/mol. The number of benzene rings is 3. The average molecular weight is 765 g/mol. The summed E-state index contributed by atoms with van der Waals surface area (Å²) in [4.78, 5) is 30.2. The number of piperidine rings is 3. The molecule has 1 amide bonds. The summed E-state index contributed by atoms with van der Waals surface area (Å²) in [5, 5.41) is 23.2. The lowest BCUT2D eigenvalue weighted by atomic mass is 9.82. The van der Waals surface area contributed by atoms with Gasteiger partial charge in [0.05, 0.1) is 31.9 Å². The molecule has 0 unspecified atom stereocenters. The molecule has 3 aromatic carbocycles. The van der Waals surface area contributed by atoms with Gasteiger partial charge in [0, 0.05) is 28.3 Å². The van der Waals surface area contributed by atoms with E-state index in [1.54, 1.807) is 37.4 Å². The molecule has 1 aliphatic carbocycles. The summed E-state index contributed by atoms with van der Waals surface area (Å²) < 4.78 is 34.0. The highest BCUT2D eigenvalue weighted by Gasteiger charge is 2.38. The Hall–Kier alpha value is -4.58. The number of halogens is 3. The summed E-state index contributed by atoms with van der Waals surface area (Å²) >= 11 is 13.2. The van der Waals surface area contributed by atoms with Crippen LogP contribution in [0.1, 0.15) is 64.2 Å². The molecule has 1 aromatic heterocycles. The highest BCUT2D eigenvalue weighted by Crippen LogP contribution is 2.40. The van der Waals surface area contributed by atoms with Gasteiger partial charge in [-0.05, 0) is 98.0 Å². The number of carboxylic acid groups (broad SMARTS) is 1. The SMILES string of the molecule is COc1ccc([C@@H](Cc2c(Cl)c[n+](O)cc2Cl)c2cc(CN(C(=O)O[C@H]3CN4CCC3CC4)c3ccccc3F)ccc2C(=O)[O-])cc1OCC1CC1. The van der Waals surface area contributed by atoms with Crippen molar-refractivity contribution in [2.45, 2.75) is 50.7 Å². The molecule has 4 aliphatic rings. The van der Waals surface area contributed by atoms with E-state index in [2.05, 4.69) is 4.90 Å². The smallest absolute Gasteiger partial charge is 0.415 e. The molecule has 4 aromatic rings. The topological polar surface area (TPSA) is 115 Å². The summed E-state index contributed by atoms with van der Waals surface area (Å²) in [7, 11) is 1.55. The summed E-state index contributed by atoms with van der Waals surface area (Å²) in [6.07, 6.45) is 5.71. The minimum Gasteiger partial charge on any atom is -0.545 e. The number of nitrogens with zero attached hydrogens (tertiary/aromatic N) is 3. The molecule has 1 N–H and O–H groups in total. The van der Waals surface area contributed by atoms with Crippen LogP contribution in [0.25, 0.3) is 0 Å². The number of carbonyl (C=O) groups excluding carboxylic acids is 2. The molecule has 0 radical (unpaired) electrons. The molecule has 2 atom stereocenters. The number of carbonyl (C=O) groups is 2. The molecule has 4 fully saturated rings. The largest absolute Gasteiger partial charge is 0.545 e. The maximum absolute atomic E-state index is 15.4. The summed E-state index contributed by atoms with van der Waals surface area (Å²) in [5.41, 5.74) is 1.92. The highest BCUT2D eigenvalue weighted by molar-refractivity contribution is 6.35. The number of methoxy groups -OCH3 is 1. The minimum absolute atomic E-state index is 0.0358. The minimum atomic E-state index is -1.42. The summed E-state index contributed by atoms with van der Waals surface area (Å²) in [6.45, 7) is 2.95. The van der Waals surface area contributed by atoms with Crippen LogP contribution in [0.15, 0.2) is 73.1 Å². The quantitative estimate of drug-likeness (QED) is 0.122. The van der Waals surface area contributed by atoms with Gasteiger partial charge < -0.3 is 24.1 Å². The fourth-order valence-electron chi connectivity index (χ4n) is 7.38. The number of amides is 1. The van der Waals surface area contributed by atoms with Crippen molar-refractivity contribution in [2.75, 3.05) is 38.3 Å². The third-order valence-corrected chi connectivity index (χ3v) is 11.2. The van der Waals surface area contributed by atoms with E-state index in [1.807, 2.05) is 12.1 Å². The molecule has 8 rings (SSSR count). The van der Waals surface area contributed by atoms with Gasteiger partial charge in [-0.2, -0.15) is 0 Å². The van der Waals surface area contributed by atoms with Crippen molar-refractivity contribution in [3.63, 3.8) is 0 Å². The van der Waals surface area contributed by atoms with Crippen LogP contribution in [-0.4, -0.2) is 61.6 Å². The zero-order valence-electron chi connectivity index (χ0n) is 29.2. The van der Waals surface area contributed by atoms with Gasteiger partial charge in [-0.15, -0.1) is 0 Å². The van der Waals surface area contributed by atoms with Crippen LogP contribution in [0.4, 0.5) is 14.9 Å². The van der Waals surface area contributed by atoms with Crippen molar-refractivity contribution in [1.82, 2.24) is 4.90 Å². The Morgan fingerprint density at radius 3 is 2.40 bits per heavy atom. The van der Waals surface area contributed by atoms with Gasteiger partial charge in [-0.1, -0.05) is 59.6 Å². The first kappa shape index (κ1) is 36.8. The molecule has 2 bridgehead atoms. The number of aromatic carboxylic acids is 1. The first-order valence-corrected chi connectivity index (χ1v) is 18.5. The van der Waals surface area contributed by atoms with E-state index >= 15 is 4.39 Å². The van der Waals surface area contributed by atoms with E-state index in [0.717, 1.165) is 43.5 Å². The number of hydrogen-bond acceptors (Lipinski definition) is 8. The average Bonchev–Trinajstić information content (AvgIpc) is 3.98. The van der Waals surface area contributed by atoms with E-state index in [0.29, 0.717) is 52.8 Å².